The summed E-state index contributed by atoms with van der Waals surface area (Å²) in [5, 5.41) is 0. The average molecular weight is 399 g/mol. The predicted molar refractivity (Wildman–Crippen MR) is 90.2 cm³/mol. The molecule has 1 unspecified atom stereocenters. The maximum Gasteiger partial charge on any atom is 0.119 e. The molecular formula is C16H17Br2NO. The fourth-order valence-corrected chi connectivity index (χ4v) is 2.74. The molecule has 0 aliphatic rings. The number of rotatable bonds is 4. The van der Waals surface area contributed by atoms with Gasteiger partial charge in [0.1, 0.15) is 5.75 Å². The number of hydrogen-bond acceptors (Lipinski definition) is 2. The van der Waals surface area contributed by atoms with E-state index in [1.54, 1.807) is 7.11 Å². The molecule has 106 valence electrons. The lowest BCUT2D eigenvalue weighted by Gasteiger charge is -2.15. The number of benzene rings is 2. The zero-order valence-electron chi connectivity index (χ0n) is 11.5. The van der Waals surface area contributed by atoms with Crippen LogP contribution >= 0.6 is 31.9 Å². The summed E-state index contributed by atoms with van der Waals surface area (Å²) in [5.74, 6) is 0.849. The highest BCUT2D eigenvalue weighted by Gasteiger charge is 2.11. The normalized spacial score (nSPS) is 12.2. The van der Waals surface area contributed by atoms with Crippen molar-refractivity contribution < 1.29 is 4.74 Å². The van der Waals surface area contributed by atoms with Crippen LogP contribution in [0.2, 0.25) is 0 Å². The van der Waals surface area contributed by atoms with Crippen LogP contribution < -0.4 is 10.5 Å². The molecule has 2 nitrogen and oxygen atoms in total. The summed E-state index contributed by atoms with van der Waals surface area (Å²) in [6, 6.07) is 12.2. The molecule has 0 spiro atoms. The Bertz CT molecular complexity index is 613. The summed E-state index contributed by atoms with van der Waals surface area (Å²) in [6.45, 7) is 2.07. The van der Waals surface area contributed by atoms with Crippen LogP contribution in [0.25, 0.3) is 0 Å². The van der Waals surface area contributed by atoms with Crippen LogP contribution in [0.3, 0.4) is 0 Å². The molecule has 0 aromatic heterocycles. The van der Waals surface area contributed by atoms with Gasteiger partial charge in [-0.25, -0.2) is 0 Å². The highest BCUT2D eigenvalue weighted by molar-refractivity contribution is 9.10. The molecular weight excluding hydrogens is 382 g/mol. The Morgan fingerprint density at radius 2 is 1.80 bits per heavy atom. The van der Waals surface area contributed by atoms with E-state index in [-0.39, 0.29) is 6.04 Å². The van der Waals surface area contributed by atoms with Gasteiger partial charge in [-0.05, 0) is 54.3 Å². The molecule has 0 heterocycles. The topological polar surface area (TPSA) is 35.2 Å². The third kappa shape index (κ3) is 3.62. The van der Waals surface area contributed by atoms with Gasteiger partial charge in [-0.2, -0.15) is 0 Å². The van der Waals surface area contributed by atoms with Crippen molar-refractivity contribution in [3.63, 3.8) is 0 Å². The molecule has 0 saturated heterocycles. The van der Waals surface area contributed by atoms with E-state index in [1.165, 1.54) is 5.56 Å². The molecule has 0 saturated carbocycles. The quantitative estimate of drug-likeness (QED) is 0.804. The van der Waals surface area contributed by atoms with Crippen molar-refractivity contribution in [2.75, 3.05) is 7.11 Å². The second-order valence-corrected chi connectivity index (χ2v) is 6.49. The van der Waals surface area contributed by atoms with E-state index in [2.05, 4.69) is 50.9 Å². The Labute approximate surface area is 136 Å². The minimum absolute atomic E-state index is 0.0368. The van der Waals surface area contributed by atoms with Crippen LogP contribution in [0, 0.1) is 6.92 Å². The monoisotopic (exact) mass is 397 g/mol. The summed E-state index contributed by atoms with van der Waals surface area (Å²) in [4.78, 5) is 0. The van der Waals surface area contributed by atoms with Crippen LogP contribution in [0.5, 0.6) is 5.75 Å². The van der Waals surface area contributed by atoms with Gasteiger partial charge >= 0.3 is 0 Å². The van der Waals surface area contributed by atoms with Crippen molar-refractivity contribution >= 4 is 31.9 Å². The van der Waals surface area contributed by atoms with E-state index in [4.69, 9.17) is 10.5 Å². The summed E-state index contributed by atoms with van der Waals surface area (Å²) < 4.78 is 7.43. The van der Waals surface area contributed by atoms with Crippen LogP contribution in [0.4, 0.5) is 0 Å². The smallest absolute Gasteiger partial charge is 0.119 e. The lowest BCUT2D eigenvalue weighted by atomic mass is 9.98. The third-order valence-electron chi connectivity index (χ3n) is 3.30. The molecule has 2 aromatic carbocycles. The Morgan fingerprint density at radius 1 is 1.10 bits per heavy atom. The van der Waals surface area contributed by atoms with Crippen molar-refractivity contribution in [1.82, 2.24) is 0 Å². The van der Waals surface area contributed by atoms with E-state index < -0.39 is 0 Å². The molecule has 20 heavy (non-hydrogen) atoms. The minimum atomic E-state index is -0.0368. The number of halogens is 2. The first-order valence-electron chi connectivity index (χ1n) is 6.35. The van der Waals surface area contributed by atoms with Gasteiger partial charge in [-0.15, -0.1) is 0 Å². The van der Waals surface area contributed by atoms with Crippen LogP contribution in [-0.2, 0) is 6.42 Å². The van der Waals surface area contributed by atoms with Gasteiger partial charge in [0.25, 0.3) is 0 Å². The second kappa shape index (κ2) is 6.74. The molecule has 2 aromatic rings. The molecule has 2 N–H and O–H groups in total. The van der Waals surface area contributed by atoms with Crippen molar-refractivity contribution in [2.24, 2.45) is 5.73 Å². The first-order valence-corrected chi connectivity index (χ1v) is 7.94. The molecule has 0 bridgehead atoms. The summed E-state index contributed by atoms with van der Waals surface area (Å²) >= 11 is 7.08. The van der Waals surface area contributed by atoms with Crippen LogP contribution in [0.15, 0.2) is 45.3 Å². The lowest BCUT2D eigenvalue weighted by molar-refractivity contribution is 0.414. The minimum Gasteiger partial charge on any atom is -0.497 e. The van der Waals surface area contributed by atoms with Gasteiger partial charge < -0.3 is 10.5 Å². The summed E-state index contributed by atoms with van der Waals surface area (Å²) in [7, 11) is 1.67. The number of hydrogen-bond donors (Lipinski definition) is 1. The van der Waals surface area contributed by atoms with E-state index in [0.29, 0.717) is 0 Å². The number of nitrogens with two attached hydrogens (primary N) is 1. The summed E-state index contributed by atoms with van der Waals surface area (Å²) in [6.07, 6.45) is 0.763. The highest BCUT2D eigenvalue weighted by Crippen LogP contribution is 2.27. The van der Waals surface area contributed by atoms with Crippen molar-refractivity contribution in [3.8, 4) is 5.75 Å². The van der Waals surface area contributed by atoms with E-state index >= 15 is 0 Å². The Hall–Kier alpha value is -0.840. The maximum atomic E-state index is 6.33. The average Bonchev–Trinajstić information content (AvgIpc) is 2.44. The zero-order valence-corrected chi connectivity index (χ0v) is 14.7. The first kappa shape index (κ1) is 15.5. The number of ether oxygens (including phenoxy) is 1. The van der Waals surface area contributed by atoms with Crippen LogP contribution in [-0.4, -0.2) is 7.11 Å². The third-order valence-corrected chi connectivity index (χ3v) is 4.97. The van der Waals surface area contributed by atoms with Crippen molar-refractivity contribution in [1.29, 1.82) is 0 Å². The molecule has 0 fully saturated rings. The highest BCUT2D eigenvalue weighted by atomic mass is 79.9. The molecule has 0 amide bonds. The Morgan fingerprint density at radius 3 is 2.45 bits per heavy atom. The Kier molecular flexibility index (Phi) is 5.24. The van der Waals surface area contributed by atoms with Gasteiger partial charge in [-0.1, -0.05) is 44.0 Å². The van der Waals surface area contributed by atoms with Gasteiger partial charge in [0, 0.05) is 15.0 Å². The summed E-state index contributed by atoms with van der Waals surface area (Å²) in [5.41, 5.74) is 9.82. The van der Waals surface area contributed by atoms with Gasteiger partial charge in [-0.3, -0.25) is 0 Å². The van der Waals surface area contributed by atoms with Crippen molar-refractivity contribution in [2.45, 2.75) is 19.4 Å². The fraction of sp³-hybridized carbons (Fsp3) is 0.250. The fourth-order valence-electron chi connectivity index (χ4n) is 2.09. The molecule has 0 radical (unpaired) electrons. The van der Waals surface area contributed by atoms with Gasteiger partial charge in [0.15, 0.2) is 0 Å². The SMILES string of the molecule is COc1ccc(Br)c(CC(N)c2ccc(Br)c(C)c2)c1. The van der Waals surface area contributed by atoms with Gasteiger partial charge in [0.2, 0.25) is 0 Å². The van der Waals surface area contributed by atoms with Crippen molar-refractivity contribution in [3.05, 3.63) is 62.0 Å². The maximum absolute atomic E-state index is 6.33. The lowest BCUT2D eigenvalue weighted by Crippen LogP contribution is -2.14. The molecule has 2 rings (SSSR count). The molecule has 0 aliphatic heterocycles. The van der Waals surface area contributed by atoms with E-state index in [9.17, 15) is 0 Å². The standard InChI is InChI=1S/C16H17Br2NO/c1-10-7-11(3-5-14(10)17)16(19)9-12-8-13(20-2)4-6-15(12)18/h3-8,16H,9,19H2,1-2H3. The zero-order chi connectivity index (χ0) is 14.7. The van der Waals surface area contributed by atoms with E-state index in [0.717, 1.165) is 32.2 Å². The van der Waals surface area contributed by atoms with Crippen LogP contribution in [0.1, 0.15) is 22.7 Å². The number of methoxy groups -OCH3 is 1. The second-order valence-electron chi connectivity index (χ2n) is 4.78. The first-order chi connectivity index (χ1) is 9.51. The van der Waals surface area contributed by atoms with Gasteiger partial charge in [0.05, 0.1) is 7.11 Å². The molecule has 4 heteroatoms. The molecule has 1 atom stereocenters. The molecule has 0 aliphatic carbocycles. The predicted octanol–water partition coefficient (Wildman–Crippen LogP) is 4.77. The number of aryl methyl sites for hydroxylation is 1. The Balaban J connectivity index is 2.22. The largest absolute Gasteiger partial charge is 0.497 e. The van der Waals surface area contributed by atoms with E-state index in [1.807, 2.05) is 24.3 Å².